The third-order valence-electron chi connectivity index (χ3n) is 3.80. The summed E-state index contributed by atoms with van der Waals surface area (Å²) in [7, 11) is 0. The fourth-order valence-corrected chi connectivity index (χ4v) is 3.08. The number of thiocarbonyl (C=S) groups is 1. The van der Waals surface area contributed by atoms with Crippen molar-refractivity contribution < 1.29 is 14.4 Å². The van der Waals surface area contributed by atoms with Crippen molar-refractivity contribution in [3.63, 3.8) is 0 Å². The molecule has 1 saturated heterocycles. The van der Waals surface area contributed by atoms with Crippen molar-refractivity contribution in [2.75, 3.05) is 4.90 Å². The molecule has 2 aromatic rings. The van der Waals surface area contributed by atoms with E-state index in [1.165, 1.54) is 11.0 Å². The maximum absolute atomic E-state index is 12.8. The van der Waals surface area contributed by atoms with Crippen LogP contribution in [0.3, 0.4) is 0 Å². The number of rotatable bonds is 4. The summed E-state index contributed by atoms with van der Waals surface area (Å²) in [5.74, 6) is -3.09. The van der Waals surface area contributed by atoms with E-state index in [0.717, 1.165) is 6.21 Å². The molecule has 1 aliphatic rings. The number of amides is 3. The standard InChI is InChI=1S/C18H12Cl2N4O3S/c19-10-5-7-11(8-6-10)24-17(27)13(15(25)22-18(24)28)9-21-23-16(26)12-3-1-2-4-14(12)20/h1-9,13H,(H,23,26)(H,22,25,28)/b21-9-/t13-/m0/s1. The zero-order valence-corrected chi connectivity index (χ0v) is 16.4. The maximum Gasteiger partial charge on any atom is 0.272 e. The van der Waals surface area contributed by atoms with E-state index in [9.17, 15) is 14.4 Å². The van der Waals surface area contributed by atoms with Gasteiger partial charge in [-0.2, -0.15) is 5.10 Å². The van der Waals surface area contributed by atoms with Crippen molar-refractivity contribution in [1.82, 2.24) is 10.7 Å². The molecule has 0 bridgehead atoms. The normalized spacial score (nSPS) is 17.0. The fourth-order valence-electron chi connectivity index (χ4n) is 2.43. The van der Waals surface area contributed by atoms with E-state index in [1.807, 2.05) is 0 Å². The van der Waals surface area contributed by atoms with Crippen molar-refractivity contribution in [3.8, 4) is 0 Å². The maximum atomic E-state index is 12.8. The van der Waals surface area contributed by atoms with Crippen LogP contribution in [0.15, 0.2) is 53.6 Å². The number of halogens is 2. The molecule has 2 N–H and O–H groups in total. The van der Waals surface area contributed by atoms with Gasteiger partial charge in [0.25, 0.3) is 11.8 Å². The Hall–Kier alpha value is -2.81. The van der Waals surface area contributed by atoms with Gasteiger partial charge in [-0.3, -0.25) is 19.3 Å². The summed E-state index contributed by atoms with van der Waals surface area (Å²) in [4.78, 5) is 38.2. The molecule has 142 valence electrons. The lowest BCUT2D eigenvalue weighted by Gasteiger charge is -2.30. The molecule has 7 nitrogen and oxygen atoms in total. The molecule has 2 aromatic carbocycles. The van der Waals surface area contributed by atoms with Crippen LogP contribution >= 0.6 is 35.4 Å². The van der Waals surface area contributed by atoms with Gasteiger partial charge in [0.05, 0.1) is 16.3 Å². The lowest BCUT2D eigenvalue weighted by Crippen LogP contribution is -2.58. The Kier molecular flexibility index (Phi) is 6.03. The number of anilines is 1. The monoisotopic (exact) mass is 434 g/mol. The minimum atomic E-state index is -1.27. The highest BCUT2D eigenvalue weighted by Crippen LogP contribution is 2.22. The Labute approximate surface area is 175 Å². The molecule has 1 fully saturated rings. The molecular formula is C18H12Cl2N4O3S. The summed E-state index contributed by atoms with van der Waals surface area (Å²) < 4.78 is 0. The lowest BCUT2D eigenvalue weighted by molar-refractivity contribution is -0.130. The number of hydrogen-bond acceptors (Lipinski definition) is 5. The van der Waals surface area contributed by atoms with Crippen LogP contribution in [0.5, 0.6) is 0 Å². The molecule has 10 heteroatoms. The average Bonchev–Trinajstić information content (AvgIpc) is 2.66. The van der Waals surface area contributed by atoms with E-state index in [4.69, 9.17) is 35.4 Å². The van der Waals surface area contributed by atoms with Gasteiger partial charge in [0.1, 0.15) is 0 Å². The molecule has 1 aliphatic heterocycles. The molecule has 0 spiro atoms. The first-order valence-electron chi connectivity index (χ1n) is 7.91. The Morgan fingerprint density at radius 3 is 2.50 bits per heavy atom. The molecule has 3 amide bonds. The third kappa shape index (κ3) is 4.19. The average molecular weight is 435 g/mol. The van der Waals surface area contributed by atoms with E-state index < -0.39 is 23.6 Å². The second-order valence-corrected chi connectivity index (χ2v) is 6.85. The van der Waals surface area contributed by atoms with Crippen molar-refractivity contribution in [2.24, 2.45) is 11.0 Å². The molecule has 3 rings (SSSR count). The van der Waals surface area contributed by atoms with Crippen molar-refractivity contribution >= 4 is 70.2 Å². The minimum absolute atomic E-state index is 0.0536. The van der Waals surface area contributed by atoms with E-state index in [-0.39, 0.29) is 15.7 Å². The van der Waals surface area contributed by atoms with Gasteiger partial charge in [0.15, 0.2) is 11.0 Å². The third-order valence-corrected chi connectivity index (χ3v) is 4.66. The van der Waals surface area contributed by atoms with Crippen LogP contribution in [-0.4, -0.2) is 29.0 Å². The number of benzene rings is 2. The van der Waals surface area contributed by atoms with E-state index in [2.05, 4.69) is 15.8 Å². The number of carbonyl (C=O) groups excluding carboxylic acids is 3. The molecule has 0 unspecified atom stereocenters. The van der Waals surface area contributed by atoms with Gasteiger partial charge in [0.2, 0.25) is 5.91 Å². The van der Waals surface area contributed by atoms with Gasteiger partial charge in [-0.05, 0) is 48.6 Å². The van der Waals surface area contributed by atoms with Crippen LogP contribution < -0.4 is 15.6 Å². The zero-order valence-electron chi connectivity index (χ0n) is 14.1. The van der Waals surface area contributed by atoms with Crippen LogP contribution in [0.25, 0.3) is 0 Å². The summed E-state index contributed by atoms with van der Waals surface area (Å²) in [6.07, 6.45) is 1.04. The molecule has 28 heavy (non-hydrogen) atoms. The molecule has 1 heterocycles. The second-order valence-electron chi connectivity index (χ2n) is 5.62. The molecule has 0 radical (unpaired) electrons. The second kappa shape index (κ2) is 8.47. The van der Waals surface area contributed by atoms with Crippen LogP contribution in [0.4, 0.5) is 5.69 Å². The Balaban J connectivity index is 1.76. The zero-order chi connectivity index (χ0) is 20.3. The van der Waals surface area contributed by atoms with Crippen molar-refractivity contribution in [3.05, 3.63) is 64.1 Å². The number of carbonyl (C=O) groups is 3. The predicted octanol–water partition coefficient (Wildman–Crippen LogP) is 2.77. The highest BCUT2D eigenvalue weighted by Gasteiger charge is 2.38. The van der Waals surface area contributed by atoms with Crippen LogP contribution in [-0.2, 0) is 9.59 Å². The Morgan fingerprint density at radius 1 is 1.14 bits per heavy atom. The van der Waals surface area contributed by atoms with Crippen molar-refractivity contribution in [2.45, 2.75) is 0 Å². The number of nitrogens with one attached hydrogen (secondary N) is 2. The lowest BCUT2D eigenvalue weighted by atomic mass is 10.1. The summed E-state index contributed by atoms with van der Waals surface area (Å²) in [5.41, 5.74) is 2.90. The largest absolute Gasteiger partial charge is 0.301 e. The first-order valence-corrected chi connectivity index (χ1v) is 9.07. The van der Waals surface area contributed by atoms with Gasteiger partial charge in [0, 0.05) is 11.2 Å². The van der Waals surface area contributed by atoms with Gasteiger partial charge in [-0.15, -0.1) is 0 Å². The summed E-state index contributed by atoms with van der Waals surface area (Å²) >= 11 is 16.9. The predicted molar refractivity (Wildman–Crippen MR) is 111 cm³/mol. The SMILES string of the molecule is O=C(N/N=C\[C@H]1C(=O)NC(=S)N(c2ccc(Cl)cc2)C1=O)c1ccccc1Cl. The van der Waals surface area contributed by atoms with Crippen LogP contribution in [0.1, 0.15) is 10.4 Å². The topological polar surface area (TPSA) is 90.9 Å². The minimum Gasteiger partial charge on any atom is -0.301 e. The molecule has 1 atom stereocenters. The summed E-state index contributed by atoms with van der Waals surface area (Å²) in [6, 6.07) is 12.8. The number of hydrazone groups is 1. The quantitative estimate of drug-likeness (QED) is 0.335. The first kappa shape index (κ1) is 19.9. The van der Waals surface area contributed by atoms with Crippen LogP contribution in [0.2, 0.25) is 10.0 Å². The number of nitrogens with zero attached hydrogens (tertiary/aromatic N) is 2. The van der Waals surface area contributed by atoms with Gasteiger partial charge >= 0.3 is 0 Å². The van der Waals surface area contributed by atoms with Crippen molar-refractivity contribution in [1.29, 1.82) is 0 Å². The smallest absolute Gasteiger partial charge is 0.272 e. The Morgan fingerprint density at radius 2 is 1.82 bits per heavy atom. The van der Waals surface area contributed by atoms with E-state index >= 15 is 0 Å². The number of hydrogen-bond donors (Lipinski definition) is 2. The van der Waals surface area contributed by atoms with E-state index in [1.54, 1.807) is 42.5 Å². The molecule has 0 aliphatic carbocycles. The summed E-state index contributed by atoms with van der Waals surface area (Å²) in [5, 5.41) is 6.85. The highest BCUT2D eigenvalue weighted by molar-refractivity contribution is 7.80. The fraction of sp³-hybridized carbons (Fsp3) is 0.0556. The van der Waals surface area contributed by atoms with E-state index in [0.29, 0.717) is 10.7 Å². The first-order chi connectivity index (χ1) is 13.4. The Bertz CT molecular complexity index is 995. The van der Waals surface area contributed by atoms with Gasteiger partial charge < -0.3 is 5.32 Å². The highest BCUT2D eigenvalue weighted by atomic mass is 35.5. The molecule has 0 saturated carbocycles. The van der Waals surface area contributed by atoms with Crippen LogP contribution in [0, 0.1) is 5.92 Å². The summed E-state index contributed by atoms with van der Waals surface area (Å²) in [6.45, 7) is 0. The molecular weight excluding hydrogens is 423 g/mol. The molecule has 0 aromatic heterocycles. The van der Waals surface area contributed by atoms with Gasteiger partial charge in [-0.25, -0.2) is 5.43 Å². The van der Waals surface area contributed by atoms with Gasteiger partial charge in [-0.1, -0.05) is 35.3 Å².